The fourth-order valence-electron chi connectivity index (χ4n) is 1.87. The fraction of sp³-hybridized carbons (Fsp3) is 0.500. The van der Waals surface area contributed by atoms with Gasteiger partial charge in [0.15, 0.2) is 0 Å². The van der Waals surface area contributed by atoms with Crippen molar-refractivity contribution >= 4 is 11.6 Å². The van der Waals surface area contributed by atoms with Crippen LogP contribution in [0.15, 0.2) is 24.3 Å². The second-order valence-corrected chi connectivity index (χ2v) is 4.35. The smallest absolute Gasteiger partial charge is 0.243 e. The Morgan fingerprint density at radius 3 is 2.72 bits per heavy atom. The molecule has 1 amide bonds. The van der Waals surface area contributed by atoms with Gasteiger partial charge in [0, 0.05) is 18.3 Å². The Kier molecular flexibility index (Phi) is 5.65. The summed E-state index contributed by atoms with van der Waals surface area (Å²) in [5, 5.41) is 9.45. The molecule has 0 radical (unpaired) electrons. The van der Waals surface area contributed by atoms with E-state index < -0.39 is 6.04 Å². The number of phenols is 1. The topological polar surface area (TPSA) is 66.6 Å². The van der Waals surface area contributed by atoms with Crippen LogP contribution in [0.25, 0.3) is 0 Å². The van der Waals surface area contributed by atoms with Crippen LogP contribution >= 0.6 is 0 Å². The predicted octanol–water partition coefficient (Wildman–Crippen LogP) is 2.26. The van der Waals surface area contributed by atoms with E-state index in [0.717, 1.165) is 12.8 Å². The third kappa shape index (κ3) is 3.74. The van der Waals surface area contributed by atoms with Gasteiger partial charge in [-0.3, -0.25) is 4.79 Å². The molecule has 4 nitrogen and oxygen atoms in total. The van der Waals surface area contributed by atoms with Gasteiger partial charge in [-0.2, -0.15) is 0 Å². The lowest BCUT2D eigenvalue weighted by molar-refractivity contribution is -0.119. The molecule has 0 aromatic heterocycles. The summed E-state index contributed by atoms with van der Waals surface area (Å²) in [4.78, 5) is 13.8. The monoisotopic (exact) mass is 250 g/mol. The molecular weight excluding hydrogens is 228 g/mol. The number of carbonyl (C=O) groups is 1. The first kappa shape index (κ1) is 14.5. The number of likely N-dealkylation sites (N-methyl/N-ethyl adjacent to an activating group) is 1. The predicted molar refractivity (Wildman–Crippen MR) is 73.6 cm³/mol. The van der Waals surface area contributed by atoms with E-state index in [1.54, 1.807) is 29.2 Å². The molecule has 3 N–H and O–H groups in total. The molecule has 18 heavy (non-hydrogen) atoms. The third-order valence-corrected chi connectivity index (χ3v) is 2.91. The van der Waals surface area contributed by atoms with E-state index in [-0.39, 0.29) is 11.7 Å². The number of nitrogens with zero attached hydrogens (tertiary/aromatic N) is 1. The number of amides is 1. The minimum Gasteiger partial charge on any atom is -0.508 e. The van der Waals surface area contributed by atoms with Crippen molar-refractivity contribution < 1.29 is 9.90 Å². The summed E-state index contributed by atoms with van der Waals surface area (Å²) >= 11 is 0. The van der Waals surface area contributed by atoms with Gasteiger partial charge in [0.05, 0.1) is 6.04 Å². The van der Waals surface area contributed by atoms with Crippen molar-refractivity contribution in [3.8, 4) is 5.75 Å². The standard InChI is InChI=1S/C14H22N2O2/c1-3-5-9-13(15)14(18)16(4-2)11-7-6-8-12(17)10-11/h6-8,10,13,17H,3-5,9,15H2,1-2H3/t13-/m0/s1. The van der Waals surface area contributed by atoms with Crippen LogP contribution in [0.5, 0.6) is 5.75 Å². The van der Waals surface area contributed by atoms with Gasteiger partial charge in [-0.15, -0.1) is 0 Å². The average molecular weight is 250 g/mol. The highest BCUT2D eigenvalue weighted by atomic mass is 16.3. The zero-order chi connectivity index (χ0) is 13.5. The van der Waals surface area contributed by atoms with Crippen molar-refractivity contribution in [2.75, 3.05) is 11.4 Å². The van der Waals surface area contributed by atoms with Crippen molar-refractivity contribution in [3.63, 3.8) is 0 Å². The van der Waals surface area contributed by atoms with Crippen molar-refractivity contribution in [1.29, 1.82) is 0 Å². The molecule has 1 aromatic rings. The highest BCUT2D eigenvalue weighted by molar-refractivity contribution is 5.97. The first-order valence-corrected chi connectivity index (χ1v) is 6.46. The summed E-state index contributed by atoms with van der Waals surface area (Å²) in [6.45, 7) is 4.51. The van der Waals surface area contributed by atoms with Crippen molar-refractivity contribution in [2.45, 2.75) is 39.2 Å². The fourth-order valence-corrected chi connectivity index (χ4v) is 1.87. The van der Waals surface area contributed by atoms with Crippen LogP contribution in [0.4, 0.5) is 5.69 Å². The first-order chi connectivity index (χ1) is 8.60. The Balaban J connectivity index is 2.79. The summed E-state index contributed by atoms with van der Waals surface area (Å²) in [6, 6.07) is 6.21. The highest BCUT2D eigenvalue weighted by Crippen LogP contribution is 2.20. The molecule has 0 unspecified atom stereocenters. The normalized spacial score (nSPS) is 12.2. The number of benzene rings is 1. The molecule has 4 heteroatoms. The Morgan fingerprint density at radius 2 is 2.17 bits per heavy atom. The molecule has 0 saturated heterocycles. The maximum atomic E-state index is 12.2. The number of nitrogens with two attached hydrogens (primary N) is 1. The van der Waals surface area contributed by atoms with Crippen molar-refractivity contribution in [2.24, 2.45) is 5.73 Å². The van der Waals surface area contributed by atoms with Gasteiger partial charge in [0.1, 0.15) is 5.75 Å². The molecule has 0 bridgehead atoms. The molecule has 0 aliphatic rings. The first-order valence-electron chi connectivity index (χ1n) is 6.46. The minimum absolute atomic E-state index is 0.0865. The average Bonchev–Trinajstić information content (AvgIpc) is 2.36. The lowest BCUT2D eigenvalue weighted by Gasteiger charge is -2.24. The van der Waals surface area contributed by atoms with E-state index in [2.05, 4.69) is 6.92 Å². The van der Waals surface area contributed by atoms with Gasteiger partial charge in [-0.1, -0.05) is 25.8 Å². The maximum Gasteiger partial charge on any atom is 0.243 e. The molecule has 1 rings (SSSR count). The SMILES string of the molecule is CCCC[C@H](N)C(=O)N(CC)c1cccc(O)c1. The number of hydrogen-bond donors (Lipinski definition) is 2. The van der Waals surface area contributed by atoms with Gasteiger partial charge in [-0.25, -0.2) is 0 Å². The molecule has 0 fully saturated rings. The van der Waals surface area contributed by atoms with Gasteiger partial charge in [-0.05, 0) is 25.5 Å². The Labute approximate surface area is 108 Å². The van der Waals surface area contributed by atoms with E-state index in [1.807, 2.05) is 6.92 Å². The summed E-state index contributed by atoms with van der Waals surface area (Å²) in [5.74, 6) is 0.0671. The summed E-state index contributed by atoms with van der Waals surface area (Å²) in [5.41, 5.74) is 6.59. The zero-order valence-corrected chi connectivity index (χ0v) is 11.1. The van der Waals surface area contributed by atoms with Crippen molar-refractivity contribution in [3.05, 3.63) is 24.3 Å². The lowest BCUT2D eigenvalue weighted by Crippen LogP contribution is -2.43. The van der Waals surface area contributed by atoms with Crippen LogP contribution in [-0.4, -0.2) is 23.6 Å². The summed E-state index contributed by atoms with van der Waals surface area (Å²) in [6.07, 6.45) is 2.67. The number of hydrogen-bond acceptors (Lipinski definition) is 3. The molecule has 1 aromatic carbocycles. The van der Waals surface area contributed by atoms with Crippen molar-refractivity contribution in [1.82, 2.24) is 0 Å². The number of phenolic OH excluding ortho intramolecular Hbond substituents is 1. The minimum atomic E-state index is -0.466. The molecule has 0 saturated carbocycles. The van der Waals surface area contributed by atoms with Crippen LogP contribution < -0.4 is 10.6 Å². The Bertz CT molecular complexity index is 393. The Hall–Kier alpha value is -1.55. The molecule has 1 atom stereocenters. The number of aromatic hydroxyl groups is 1. The van der Waals surface area contributed by atoms with E-state index >= 15 is 0 Å². The zero-order valence-electron chi connectivity index (χ0n) is 11.1. The van der Waals surface area contributed by atoms with Crippen LogP contribution in [-0.2, 0) is 4.79 Å². The summed E-state index contributed by atoms with van der Waals surface area (Å²) < 4.78 is 0. The highest BCUT2D eigenvalue weighted by Gasteiger charge is 2.20. The lowest BCUT2D eigenvalue weighted by atomic mass is 10.1. The van der Waals surface area contributed by atoms with E-state index in [9.17, 15) is 9.90 Å². The molecule has 0 aliphatic carbocycles. The van der Waals surface area contributed by atoms with E-state index in [1.165, 1.54) is 0 Å². The Morgan fingerprint density at radius 1 is 1.44 bits per heavy atom. The van der Waals surface area contributed by atoms with Crippen LogP contribution in [0, 0.1) is 0 Å². The van der Waals surface area contributed by atoms with Crippen LogP contribution in [0.2, 0.25) is 0 Å². The van der Waals surface area contributed by atoms with Gasteiger partial charge >= 0.3 is 0 Å². The number of unbranched alkanes of at least 4 members (excludes halogenated alkanes) is 1. The number of anilines is 1. The van der Waals surface area contributed by atoms with Gasteiger partial charge in [0.2, 0.25) is 5.91 Å². The molecule has 0 spiro atoms. The van der Waals surface area contributed by atoms with E-state index in [0.29, 0.717) is 18.7 Å². The number of carbonyl (C=O) groups excluding carboxylic acids is 1. The molecule has 0 heterocycles. The second kappa shape index (κ2) is 7.01. The third-order valence-electron chi connectivity index (χ3n) is 2.91. The van der Waals surface area contributed by atoms with Gasteiger partial charge < -0.3 is 15.7 Å². The second-order valence-electron chi connectivity index (χ2n) is 4.35. The van der Waals surface area contributed by atoms with Crippen LogP contribution in [0.3, 0.4) is 0 Å². The maximum absolute atomic E-state index is 12.2. The van der Waals surface area contributed by atoms with E-state index in [4.69, 9.17) is 5.73 Å². The largest absolute Gasteiger partial charge is 0.508 e. The quantitative estimate of drug-likeness (QED) is 0.814. The van der Waals surface area contributed by atoms with Gasteiger partial charge in [0.25, 0.3) is 0 Å². The summed E-state index contributed by atoms with van der Waals surface area (Å²) in [7, 11) is 0. The number of rotatable bonds is 6. The van der Waals surface area contributed by atoms with Crippen LogP contribution in [0.1, 0.15) is 33.1 Å². The molecular formula is C14H22N2O2. The molecule has 100 valence electrons. The molecule has 0 aliphatic heterocycles.